The fraction of sp³-hybridized carbons (Fsp3) is 0.400. The number of hydrogen-bond donors (Lipinski definition) is 1. The lowest BCUT2D eigenvalue weighted by Gasteiger charge is -2.35. The number of nitrogens with zero attached hydrogens (tertiary/aromatic N) is 4. The minimum absolute atomic E-state index is 0.107. The normalized spacial score (nSPS) is 16.3. The smallest absolute Gasteiger partial charge is 0.317 e. The van der Waals surface area contributed by atoms with E-state index in [9.17, 15) is 4.79 Å². The van der Waals surface area contributed by atoms with Gasteiger partial charge in [0.2, 0.25) is 0 Å². The molecule has 1 fully saturated rings. The molecule has 0 aliphatic carbocycles. The number of aliphatic carboxylic acids is 1. The van der Waals surface area contributed by atoms with Crippen molar-refractivity contribution in [2.24, 2.45) is 0 Å². The number of para-hydroxylation sites is 2. The van der Waals surface area contributed by atoms with Crippen LogP contribution in [0.1, 0.15) is 5.69 Å². The number of carboxylic acids is 1. The van der Waals surface area contributed by atoms with E-state index in [-0.39, 0.29) is 6.54 Å². The van der Waals surface area contributed by atoms with Gasteiger partial charge in [-0.15, -0.1) is 0 Å². The van der Waals surface area contributed by atoms with Crippen LogP contribution in [0.15, 0.2) is 24.3 Å². The minimum atomic E-state index is -0.773. The summed E-state index contributed by atoms with van der Waals surface area (Å²) in [7, 11) is 0. The second-order valence-electron chi connectivity index (χ2n) is 5.28. The molecule has 6 nitrogen and oxygen atoms in total. The van der Waals surface area contributed by atoms with E-state index in [4.69, 9.17) is 10.1 Å². The molecule has 1 aromatic heterocycles. The van der Waals surface area contributed by atoms with Crippen molar-refractivity contribution in [3.05, 3.63) is 30.0 Å². The second kappa shape index (κ2) is 5.65. The van der Waals surface area contributed by atoms with Crippen molar-refractivity contribution >= 4 is 22.8 Å². The van der Waals surface area contributed by atoms with E-state index >= 15 is 0 Å². The zero-order valence-electron chi connectivity index (χ0n) is 12.0. The van der Waals surface area contributed by atoms with Crippen molar-refractivity contribution in [1.82, 2.24) is 14.9 Å². The Morgan fingerprint density at radius 3 is 2.38 bits per heavy atom. The molecular weight excluding hydrogens is 268 g/mol. The van der Waals surface area contributed by atoms with E-state index in [1.54, 1.807) is 0 Å². The van der Waals surface area contributed by atoms with E-state index in [2.05, 4.69) is 9.88 Å². The number of carboxylic acid groups (broad SMARTS) is 1. The monoisotopic (exact) mass is 286 g/mol. The number of piperazine rings is 1. The van der Waals surface area contributed by atoms with E-state index in [0.717, 1.165) is 48.7 Å². The highest BCUT2D eigenvalue weighted by Crippen LogP contribution is 2.21. The van der Waals surface area contributed by atoms with Crippen LogP contribution in [-0.4, -0.2) is 58.7 Å². The van der Waals surface area contributed by atoms with Crippen LogP contribution in [0.25, 0.3) is 11.0 Å². The Kier molecular flexibility index (Phi) is 3.70. The van der Waals surface area contributed by atoms with Gasteiger partial charge in [-0.2, -0.15) is 0 Å². The average molecular weight is 286 g/mol. The van der Waals surface area contributed by atoms with Crippen molar-refractivity contribution in [1.29, 1.82) is 0 Å². The van der Waals surface area contributed by atoms with Gasteiger partial charge in [0, 0.05) is 26.2 Å². The maximum Gasteiger partial charge on any atom is 0.317 e. The summed E-state index contributed by atoms with van der Waals surface area (Å²) in [6.07, 6.45) is 0. The van der Waals surface area contributed by atoms with Crippen molar-refractivity contribution < 1.29 is 9.90 Å². The van der Waals surface area contributed by atoms with Gasteiger partial charge in [0.15, 0.2) is 5.82 Å². The van der Waals surface area contributed by atoms with Crippen LogP contribution in [0.4, 0.5) is 5.82 Å². The zero-order chi connectivity index (χ0) is 14.8. The van der Waals surface area contributed by atoms with Gasteiger partial charge in [0.1, 0.15) is 0 Å². The highest BCUT2D eigenvalue weighted by Gasteiger charge is 2.21. The number of hydrogen-bond acceptors (Lipinski definition) is 5. The Hall–Kier alpha value is -2.21. The van der Waals surface area contributed by atoms with E-state index in [0.29, 0.717) is 0 Å². The summed E-state index contributed by atoms with van der Waals surface area (Å²) in [5, 5.41) is 8.83. The number of anilines is 1. The minimum Gasteiger partial charge on any atom is -0.480 e. The van der Waals surface area contributed by atoms with Gasteiger partial charge in [-0.05, 0) is 19.1 Å². The van der Waals surface area contributed by atoms with Crippen molar-refractivity contribution in [3.63, 3.8) is 0 Å². The third-order valence-electron chi connectivity index (χ3n) is 3.75. The molecule has 1 N–H and O–H groups in total. The van der Waals surface area contributed by atoms with Crippen molar-refractivity contribution in [2.45, 2.75) is 6.92 Å². The third-order valence-corrected chi connectivity index (χ3v) is 3.75. The quantitative estimate of drug-likeness (QED) is 0.912. The highest BCUT2D eigenvalue weighted by atomic mass is 16.4. The molecule has 0 unspecified atom stereocenters. The molecule has 0 radical (unpaired) electrons. The Labute approximate surface area is 123 Å². The Morgan fingerprint density at radius 2 is 1.76 bits per heavy atom. The predicted molar refractivity (Wildman–Crippen MR) is 80.6 cm³/mol. The Bertz CT molecular complexity index is 666. The molecule has 3 rings (SSSR count). The molecule has 2 heterocycles. The molecule has 21 heavy (non-hydrogen) atoms. The zero-order valence-corrected chi connectivity index (χ0v) is 12.0. The largest absolute Gasteiger partial charge is 0.480 e. The van der Waals surface area contributed by atoms with Crippen LogP contribution in [0.3, 0.4) is 0 Å². The molecule has 1 aliphatic rings. The summed E-state index contributed by atoms with van der Waals surface area (Å²) in [6, 6.07) is 7.84. The lowest BCUT2D eigenvalue weighted by Crippen LogP contribution is -2.48. The predicted octanol–water partition coefficient (Wildman–Crippen LogP) is 1.14. The molecule has 0 bridgehead atoms. The van der Waals surface area contributed by atoms with Crippen molar-refractivity contribution in [2.75, 3.05) is 37.6 Å². The fourth-order valence-electron chi connectivity index (χ4n) is 2.69. The summed E-state index contributed by atoms with van der Waals surface area (Å²) in [5.41, 5.74) is 2.72. The van der Waals surface area contributed by atoms with Crippen molar-refractivity contribution in [3.8, 4) is 0 Å². The molecule has 0 spiro atoms. The molecule has 0 saturated carbocycles. The van der Waals surface area contributed by atoms with Crippen LogP contribution in [0.2, 0.25) is 0 Å². The lowest BCUT2D eigenvalue weighted by atomic mass is 10.2. The molecule has 0 amide bonds. The number of rotatable bonds is 3. The number of carbonyl (C=O) groups is 1. The number of aryl methyl sites for hydroxylation is 1. The van der Waals surface area contributed by atoms with Gasteiger partial charge in [-0.3, -0.25) is 9.69 Å². The first kappa shape index (κ1) is 13.8. The summed E-state index contributed by atoms with van der Waals surface area (Å²) in [5.74, 6) is 0.133. The van der Waals surface area contributed by atoms with Gasteiger partial charge in [-0.25, -0.2) is 9.97 Å². The van der Waals surface area contributed by atoms with Gasteiger partial charge >= 0.3 is 5.97 Å². The summed E-state index contributed by atoms with van der Waals surface area (Å²) in [6.45, 7) is 5.11. The van der Waals surface area contributed by atoms with E-state index in [1.807, 2.05) is 36.1 Å². The number of aromatic nitrogens is 2. The molecular formula is C15H18N4O2. The van der Waals surface area contributed by atoms with Gasteiger partial charge in [0.05, 0.1) is 23.3 Å². The standard InChI is InChI=1S/C15H18N4O2/c1-11-15(17-13-5-3-2-4-12(13)16-11)19-8-6-18(7-9-19)10-14(20)21/h2-5H,6-10H2,1H3,(H,20,21). The summed E-state index contributed by atoms with van der Waals surface area (Å²) < 4.78 is 0. The van der Waals surface area contributed by atoms with Crippen LogP contribution >= 0.6 is 0 Å². The maximum atomic E-state index is 10.7. The molecule has 1 saturated heterocycles. The molecule has 1 aromatic carbocycles. The van der Waals surface area contributed by atoms with E-state index < -0.39 is 5.97 Å². The topological polar surface area (TPSA) is 69.6 Å². The van der Waals surface area contributed by atoms with Crippen LogP contribution in [-0.2, 0) is 4.79 Å². The third kappa shape index (κ3) is 2.95. The molecule has 0 atom stereocenters. The maximum absolute atomic E-state index is 10.7. The number of fused-ring (bicyclic) bond motifs is 1. The van der Waals surface area contributed by atoms with E-state index in [1.165, 1.54) is 0 Å². The van der Waals surface area contributed by atoms with Gasteiger partial charge in [0.25, 0.3) is 0 Å². The van der Waals surface area contributed by atoms with Crippen LogP contribution in [0, 0.1) is 6.92 Å². The first-order chi connectivity index (χ1) is 10.1. The summed E-state index contributed by atoms with van der Waals surface area (Å²) in [4.78, 5) is 24.2. The van der Waals surface area contributed by atoms with Crippen LogP contribution < -0.4 is 4.90 Å². The molecule has 6 heteroatoms. The van der Waals surface area contributed by atoms with Gasteiger partial charge in [-0.1, -0.05) is 12.1 Å². The van der Waals surface area contributed by atoms with Crippen LogP contribution in [0.5, 0.6) is 0 Å². The molecule has 2 aromatic rings. The second-order valence-corrected chi connectivity index (χ2v) is 5.28. The first-order valence-corrected chi connectivity index (χ1v) is 7.06. The highest BCUT2D eigenvalue weighted by molar-refractivity contribution is 5.76. The average Bonchev–Trinajstić information content (AvgIpc) is 2.47. The Morgan fingerprint density at radius 1 is 1.14 bits per heavy atom. The Balaban J connectivity index is 1.79. The number of benzene rings is 1. The summed E-state index contributed by atoms with van der Waals surface area (Å²) >= 11 is 0. The van der Waals surface area contributed by atoms with Gasteiger partial charge < -0.3 is 10.0 Å². The lowest BCUT2D eigenvalue weighted by molar-refractivity contribution is -0.138. The molecule has 110 valence electrons. The fourth-order valence-corrected chi connectivity index (χ4v) is 2.69. The molecule has 1 aliphatic heterocycles. The SMILES string of the molecule is Cc1nc2ccccc2nc1N1CCN(CC(=O)O)CC1. The first-order valence-electron chi connectivity index (χ1n) is 7.06.